The van der Waals surface area contributed by atoms with Crippen molar-refractivity contribution in [3.8, 4) is 22.6 Å². The molecule has 2 aromatic heterocycles. The van der Waals surface area contributed by atoms with Gasteiger partial charge < -0.3 is 10.3 Å². The summed E-state index contributed by atoms with van der Waals surface area (Å²) in [5.41, 5.74) is 10.7. The molecule has 3 rings (SSSR count). The Morgan fingerprint density at radius 2 is 1.95 bits per heavy atom. The van der Waals surface area contributed by atoms with Gasteiger partial charge in [-0.25, -0.2) is 0 Å². The first-order valence-electron chi connectivity index (χ1n) is 6.41. The Hall–Kier alpha value is -2.62. The smallest absolute Gasteiger partial charge is 0.178 e. The van der Waals surface area contributed by atoms with E-state index in [4.69, 9.17) is 10.3 Å². The highest BCUT2D eigenvalue weighted by Gasteiger charge is 2.19. The number of nitrogens with zero attached hydrogens (tertiary/aromatic N) is 2. The van der Waals surface area contributed by atoms with Crippen LogP contribution in [-0.2, 0) is 0 Å². The summed E-state index contributed by atoms with van der Waals surface area (Å²) in [6.45, 7) is 4.08. The number of hydrogen-bond acceptors (Lipinski definition) is 4. The lowest BCUT2D eigenvalue weighted by Crippen LogP contribution is -1.91. The Morgan fingerprint density at radius 1 is 1.10 bits per heavy atom. The van der Waals surface area contributed by atoms with E-state index < -0.39 is 0 Å². The van der Waals surface area contributed by atoms with Crippen LogP contribution in [0.15, 0.2) is 47.1 Å². The van der Waals surface area contributed by atoms with Crippen molar-refractivity contribution < 1.29 is 4.52 Å². The zero-order valence-electron chi connectivity index (χ0n) is 11.4. The lowest BCUT2D eigenvalue weighted by Gasteiger charge is -2.06. The summed E-state index contributed by atoms with van der Waals surface area (Å²) in [7, 11) is 0. The molecule has 3 aromatic rings. The van der Waals surface area contributed by atoms with Crippen molar-refractivity contribution in [2.45, 2.75) is 13.8 Å². The molecule has 4 heteroatoms. The molecule has 0 amide bonds. The number of benzene rings is 1. The van der Waals surface area contributed by atoms with E-state index in [0.717, 1.165) is 27.9 Å². The van der Waals surface area contributed by atoms with Gasteiger partial charge in [0.15, 0.2) is 11.6 Å². The minimum atomic E-state index is 0.361. The first-order chi connectivity index (χ1) is 9.66. The highest BCUT2D eigenvalue weighted by Crippen LogP contribution is 2.37. The lowest BCUT2D eigenvalue weighted by molar-refractivity contribution is 0.436. The maximum Gasteiger partial charge on any atom is 0.178 e. The topological polar surface area (TPSA) is 64.9 Å². The van der Waals surface area contributed by atoms with Crippen molar-refractivity contribution in [1.82, 2.24) is 10.1 Å². The van der Waals surface area contributed by atoms with Crippen LogP contribution < -0.4 is 5.73 Å². The third-order valence-corrected chi connectivity index (χ3v) is 3.28. The van der Waals surface area contributed by atoms with Crippen LogP contribution in [0.3, 0.4) is 0 Å². The molecule has 100 valence electrons. The molecule has 2 heterocycles. The monoisotopic (exact) mass is 265 g/mol. The third kappa shape index (κ3) is 2.05. The van der Waals surface area contributed by atoms with Gasteiger partial charge in [0.1, 0.15) is 0 Å². The normalized spacial score (nSPS) is 10.7. The van der Waals surface area contributed by atoms with Gasteiger partial charge in [0.25, 0.3) is 0 Å². The molecular weight excluding hydrogens is 250 g/mol. The molecule has 2 N–H and O–H groups in total. The number of rotatable bonds is 2. The first-order valence-corrected chi connectivity index (χ1v) is 6.41. The van der Waals surface area contributed by atoms with Gasteiger partial charge in [-0.3, -0.25) is 4.98 Å². The van der Waals surface area contributed by atoms with Crippen LogP contribution in [0.25, 0.3) is 22.6 Å². The average Bonchev–Trinajstić information content (AvgIpc) is 2.84. The summed E-state index contributed by atoms with van der Waals surface area (Å²) >= 11 is 0. The zero-order valence-corrected chi connectivity index (χ0v) is 11.4. The van der Waals surface area contributed by atoms with E-state index >= 15 is 0 Å². The summed E-state index contributed by atoms with van der Waals surface area (Å²) in [6, 6.07) is 11.9. The molecular formula is C16H15N3O. The Bertz CT molecular complexity index is 748. The maximum atomic E-state index is 5.95. The molecule has 0 aliphatic carbocycles. The molecule has 0 spiro atoms. The van der Waals surface area contributed by atoms with Gasteiger partial charge in [-0.15, -0.1) is 0 Å². The standard InChI is InChI=1S/C16H15N3O/c1-10-6-7-11(2)12(9-10)15-14(16(17)19-20-15)13-5-3-4-8-18-13/h3-9H,1-2H3,(H2,17,19). The molecule has 0 unspecified atom stereocenters. The molecule has 0 bridgehead atoms. The van der Waals surface area contributed by atoms with E-state index in [9.17, 15) is 0 Å². The number of pyridine rings is 1. The fraction of sp³-hybridized carbons (Fsp3) is 0.125. The zero-order chi connectivity index (χ0) is 14.1. The summed E-state index contributed by atoms with van der Waals surface area (Å²) in [4.78, 5) is 4.34. The molecule has 0 atom stereocenters. The van der Waals surface area contributed by atoms with E-state index in [-0.39, 0.29) is 0 Å². The first kappa shape index (κ1) is 12.4. The van der Waals surface area contributed by atoms with Crippen LogP contribution in [0.2, 0.25) is 0 Å². The quantitative estimate of drug-likeness (QED) is 0.768. The third-order valence-electron chi connectivity index (χ3n) is 3.28. The van der Waals surface area contributed by atoms with Gasteiger partial charge in [-0.1, -0.05) is 28.9 Å². The second-order valence-corrected chi connectivity index (χ2v) is 4.81. The second kappa shape index (κ2) is 4.81. The van der Waals surface area contributed by atoms with Crippen molar-refractivity contribution in [3.05, 3.63) is 53.7 Å². The van der Waals surface area contributed by atoms with E-state index in [0.29, 0.717) is 11.6 Å². The van der Waals surface area contributed by atoms with Crippen molar-refractivity contribution >= 4 is 5.82 Å². The largest absolute Gasteiger partial charge is 0.380 e. The highest BCUT2D eigenvalue weighted by atomic mass is 16.5. The Morgan fingerprint density at radius 3 is 2.70 bits per heavy atom. The molecule has 0 saturated heterocycles. The van der Waals surface area contributed by atoms with Gasteiger partial charge in [-0.2, -0.15) is 0 Å². The Balaban J connectivity index is 2.24. The summed E-state index contributed by atoms with van der Waals surface area (Å²) in [5.74, 6) is 1.03. The number of aryl methyl sites for hydroxylation is 2. The van der Waals surface area contributed by atoms with Crippen molar-refractivity contribution in [1.29, 1.82) is 0 Å². The van der Waals surface area contributed by atoms with Gasteiger partial charge in [0, 0.05) is 11.8 Å². The number of nitrogen functional groups attached to an aromatic ring is 1. The van der Waals surface area contributed by atoms with Crippen LogP contribution >= 0.6 is 0 Å². The van der Waals surface area contributed by atoms with Crippen LogP contribution in [0, 0.1) is 13.8 Å². The number of anilines is 1. The molecule has 0 aliphatic rings. The Kier molecular flexibility index (Phi) is 2.99. The van der Waals surface area contributed by atoms with Crippen LogP contribution in [0.4, 0.5) is 5.82 Å². The molecule has 4 nitrogen and oxygen atoms in total. The minimum absolute atomic E-state index is 0.361. The molecule has 20 heavy (non-hydrogen) atoms. The summed E-state index contributed by atoms with van der Waals surface area (Å²) < 4.78 is 5.46. The van der Waals surface area contributed by atoms with E-state index in [2.05, 4.69) is 28.3 Å². The second-order valence-electron chi connectivity index (χ2n) is 4.81. The van der Waals surface area contributed by atoms with Gasteiger partial charge in [0.2, 0.25) is 0 Å². The van der Waals surface area contributed by atoms with Gasteiger partial charge in [0.05, 0.1) is 11.3 Å². The van der Waals surface area contributed by atoms with E-state index in [1.807, 2.05) is 32.0 Å². The SMILES string of the molecule is Cc1ccc(C)c(-c2onc(N)c2-c2ccccn2)c1. The van der Waals surface area contributed by atoms with Gasteiger partial charge >= 0.3 is 0 Å². The Labute approximate surface area is 117 Å². The molecule has 0 fully saturated rings. The van der Waals surface area contributed by atoms with Crippen molar-refractivity contribution in [2.75, 3.05) is 5.73 Å². The van der Waals surface area contributed by atoms with E-state index in [1.54, 1.807) is 6.20 Å². The van der Waals surface area contributed by atoms with Crippen LogP contribution in [0.1, 0.15) is 11.1 Å². The van der Waals surface area contributed by atoms with Crippen molar-refractivity contribution in [2.24, 2.45) is 0 Å². The van der Waals surface area contributed by atoms with E-state index in [1.165, 1.54) is 0 Å². The predicted octanol–water partition coefficient (Wildman–Crippen LogP) is 3.60. The molecule has 0 saturated carbocycles. The predicted molar refractivity (Wildman–Crippen MR) is 79.1 cm³/mol. The highest BCUT2D eigenvalue weighted by molar-refractivity contribution is 5.85. The average molecular weight is 265 g/mol. The minimum Gasteiger partial charge on any atom is -0.380 e. The summed E-state index contributed by atoms with van der Waals surface area (Å²) in [6.07, 6.45) is 1.73. The van der Waals surface area contributed by atoms with Crippen LogP contribution in [0.5, 0.6) is 0 Å². The fourth-order valence-electron chi connectivity index (χ4n) is 2.22. The number of aromatic nitrogens is 2. The fourth-order valence-corrected chi connectivity index (χ4v) is 2.22. The lowest BCUT2D eigenvalue weighted by atomic mass is 9.99. The number of nitrogens with two attached hydrogens (primary N) is 1. The maximum absolute atomic E-state index is 5.95. The molecule has 1 aromatic carbocycles. The summed E-state index contributed by atoms with van der Waals surface area (Å²) in [5, 5.41) is 3.90. The van der Waals surface area contributed by atoms with Crippen molar-refractivity contribution in [3.63, 3.8) is 0 Å². The molecule has 0 aliphatic heterocycles. The molecule has 0 radical (unpaired) electrons. The van der Waals surface area contributed by atoms with Crippen LogP contribution in [-0.4, -0.2) is 10.1 Å². The number of hydrogen-bond donors (Lipinski definition) is 1. The van der Waals surface area contributed by atoms with Gasteiger partial charge in [-0.05, 0) is 37.6 Å².